The molecule has 2 aromatic carbocycles. The number of carbonyl (C=O) groups is 2. The Labute approximate surface area is 221 Å². The summed E-state index contributed by atoms with van der Waals surface area (Å²) in [6.07, 6.45) is -9.43. The number of nitrogens with one attached hydrogen (secondary N) is 2. The third-order valence-electron chi connectivity index (χ3n) is 6.09. The molecule has 210 valence electrons. The molecule has 0 bridgehead atoms. The van der Waals surface area contributed by atoms with Gasteiger partial charge in [0.2, 0.25) is 6.29 Å². The number of benzene rings is 2. The quantitative estimate of drug-likeness (QED) is 0.141. The second kappa shape index (κ2) is 12.5. The summed E-state index contributed by atoms with van der Waals surface area (Å²) >= 11 is 0. The summed E-state index contributed by atoms with van der Waals surface area (Å²) in [5, 5.41) is 50.4. The molecular formula is C26H28F2N2O9. The van der Waals surface area contributed by atoms with Gasteiger partial charge >= 0.3 is 0 Å². The molecule has 7 N–H and O–H groups in total. The van der Waals surface area contributed by atoms with Gasteiger partial charge in [-0.1, -0.05) is 11.8 Å². The van der Waals surface area contributed by atoms with Crippen molar-refractivity contribution in [3.8, 4) is 17.6 Å². The average Bonchev–Trinajstić information content (AvgIpc) is 2.92. The number of hydrogen-bond donors (Lipinski definition) is 7. The molecule has 39 heavy (non-hydrogen) atoms. The number of rotatable bonds is 7. The van der Waals surface area contributed by atoms with Crippen molar-refractivity contribution in [1.29, 1.82) is 0 Å². The summed E-state index contributed by atoms with van der Waals surface area (Å²) in [6, 6.07) is 9.92. The van der Waals surface area contributed by atoms with Gasteiger partial charge in [0, 0.05) is 16.7 Å². The topological polar surface area (TPSA) is 178 Å². The smallest absolute Gasteiger partial charge is 0.269 e. The van der Waals surface area contributed by atoms with Crippen LogP contribution in [0, 0.1) is 11.8 Å². The summed E-state index contributed by atoms with van der Waals surface area (Å²) < 4.78 is 37.3. The van der Waals surface area contributed by atoms with Crippen molar-refractivity contribution < 1.29 is 53.5 Å². The van der Waals surface area contributed by atoms with Crippen molar-refractivity contribution in [2.24, 2.45) is 0 Å². The second-order valence-electron chi connectivity index (χ2n) is 9.06. The van der Waals surface area contributed by atoms with Crippen molar-refractivity contribution in [2.45, 2.75) is 62.6 Å². The summed E-state index contributed by atoms with van der Waals surface area (Å²) in [6.45, 7) is 2.19. The average molecular weight is 551 g/mol. The predicted molar refractivity (Wildman–Crippen MR) is 130 cm³/mol. The van der Waals surface area contributed by atoms with Gasteiger partial charge in [-0.3, -0.25) is 14.8 Å². The van der Waals surface area contributed by atoms with E-state index in [9.17, 15) is 38.8 Å². The van der Waals surface area contributed by atoms with Crippen molar-refractivity contribution >= 4 is 11.8 Å². The van der Waals surface area contributed by atoms with Gasteiger partial charge in [0.15, 0.2) is 5.60 Å². The highest BCUT2D eigenvalue weighted by Crippen LogP contribution is 2.24. The van der Waals surface area contributed by atoms with Crippen LogP contribution in [0.5, 0.6) is 5.75 Å². The predicted octanol–water partition coefficient (Wildman–Crippen LogP) is -0.0874. The largest absolute Gasteiger partial charge is 0.462 e. The van der Waals surface area contributed by atoms with Crippen LogP contribution >= 0.6 is 0 Å². The summed E-state index contributed by atoms with van der Waals surface area (Å²) in [5.41, 5.74) is -0.726. The van der Waals surface area contributed by atoms with Gasteiger partial charge in [-0.2, -0.15) is 0 Å². The molecule has 1 heterocycles. The van der Waals surface area contributed by atoms with E-state index in [0.717, 1.165) is 5.48 Å². The molecule has 2 aromatic rings. The summed E-state index contributed by atoms with van der Waals surface area (Å²) in [4.78, 5) is 24.2. The van der Waals surface area contributed by atoms with Crippen LogP contribution in [-0.4, -0.2) is 86.2 Å². The maximum atomic E-state index is 13.2. The first kappa shape index (κ1) is 29.9. The maximum absolute atomic E-state index is 13.2. The molecule has 7 atom stereocenters. The Balaban J connectivity index is 1.64. The Kier molecular flexibility index (Phi) is 9.57. The number of alkyl halides is 2. The van der Waals surface area contributed by atoms with Gasteiger partial charge in [-0.05, 0) is 62.4 Å². The van der Waals surface area contributed by atoms with Gasteiger partial charge in [-0.15, -0.1) is 0 Å². The molecule has 0 radical (unpaired) electrons. The molecule has 2 amide bonds. The van der Waals surface area contributed by atoms with E-state index in [4.69, 9.17) is 14.7 Å². The molecule has 1 aliphatic rings. The molecule has 0 aromatic heterocycles. The third kappa shape index (κ3) is 7.07. The molecule has 0 spiro atoms. The molecule has 0 saturated carbocycles. The van der Waals surface area contributed by atoms with Crippen LogP contribution in [0.1, 0.15) is 35.3 Å². The molecule has 1 fully saturated rings. The van der Waals surface area contributed by atoms with Crippen LogP contribution in [-0.2, 0) is 9.53 Å². The van der Waals surface area contributed by atoms with Crippen molar-refractivity contribution in [1.82, 2.24) is 10.8 Å². The van der Waals surface area contributed by atoms with Crippen LogP contribution in [0.4, 0.5) is 8.78 Å². The minimum atomic E-state index is -3.39. The van der Waals surface area contributed by atoms with Crippen molar-refractivity contribution in [2.75, 3.05) is 0 Å². The molecule has 11 nitrogen and oxygen atoms in total. The molecular weight excluding hydrogens is 522 g/mol. The fourth-order valence-corrected chi connectivity index (χ4v) is 3.59. The summed E-state index contributed by atoms with van der Waals surface area (Å²) in [5.74, 6) is 3.74. The lowest BCUT2D eigenvalue weighted by atomic mass is 9.95. The number of aliphatic hydroxyl groups excluding tert-OH is 3. The fraction of sp³-hybridized carbons (Fsp3) is 0.385. The fourth-order valence-electron chi connectivity index (χ4n) is 3.59. The number of aliphatic hydroxyl groups is 4. The first-order chi connectivity index (χ1) is 18.3. The zero-order valence-corrected chi connectivity index (χ0v) is 20.8. The molecule has 1 saturated heterocycles. The van der Waals surface area contributed by atoms with E-state index in [1.54, 1.807) is 24.3 Å². The van der Waals surface area contributed by atoms with E-state index in [2.05, 4.69) is 11.8 Å². The molecule has 13 heteroatoms. The van der Waals surface area contributed by atoms with Crippen molar-refractivity contribution in [3.63, 3.8) is 0 Å². The number of ether oxygens (including phenoxy) is 2. The van der Waals surface area contributed by atoms with E-state index < -0.39 is 60.6 Å². The lowest BCUT2D eigenvalue weighted by molar-refractivity contribution is -0.268. The van der Waals surface area contributed by atoms with Crippen LogP contribution in [0.2, 0.25) is 0 Å². The molecule has 3 rings (SSSR count). The zero-order valence-electron chi connectivity index (χ0n) is 20.8. The van der Waals surface area contributed by atoms with E-state index in [0.29, 0.717) is 23.8 Å². The second-order valence-corrected chi connectivity index (χ2v) is 9.06. The maximum Gasteiger partial charge on any atom is 0.269 e. The van der Waals surface area contributed by atoms with E-state index in [-0.39, 0.29) is 5.56 Å². The van der Waals surface area contributed by atoms with Crippen molar-refractivity contribution in [3.05, 3.63) is 65.2 Å². The molecule has 1 aliphatic heterocycles. The Bertz CT molecular complexity index is 1210. The van der Waals surface area contributed by atoms with Gasteiger partial charge in [0.25, 0.3) is 18.2 Å². The number of halogens is 2. The highest BCUT2D eigenvalue weighted by atomic mass is 19.3. The minimum Gasteiger partial charge on any atom is -0.462 e. The molecule has 2 unspecified atom stereocenters. The SMILES string of the molecule is C[C@@H]1OC(Oc2ccc(C#Cc3ccc(C(=O)N[C@H](C(=O)NO)C(C)(O)C(F)F)cc3)cc2)[C@@H](O)[C@H](O)[C@@H]1O. The summed E-state index contributed by atoms with van der Waals surface area (Å²) in [7, 11) is 0. The van der Waals surface area contributed by atoms with Crippen LogP contribution in [0.25, 0.3) is 0 Å². The number of hydroxylamine groups is 1. The zero-order chi connectivity index (χ0) is 28.9. The number of carbonyl (C=O) groups excluding carboxylic acids is 2. The first-order valence-corrected chi connectivity index (χ1v) is 11.7. The third-order valence-corrected chi connectivity index (χ3v) is 6.09. The monoisotopic (exact) mass is 550 g/mol. The van der Waals surface area contributed by atoms with E-state index in [1.807, 2.05) is 5.32 Å². The van der Waals surface area contributed by atoms with Gasteiger partial charge in [0.05, 0.1) is 6.10 Å². The Morgan fingerprint density at radius 2 is 1.51 bits per heavy atom. The van der Waals surface area contributed by atoms with Crippen LogP contribution in [0.15, 0.2) is 48.5 Å². The van der Waals surface area contributed by atoms with E-state index in [1.165, 1.54) is 31.2 Å². The van der Waals surface area contributed by atoms with Gasteiger partial charge in [0.1, 0.15) is 30.1 Å². The lowest BCUT2D eigenvalue weighted by Crippen LogP contribution is -2.61. The van der Waals surface area contributed by atoms with Gasteiger partial charge in [-0.25, -0.2) is 14.3 Å². The Morgan fingerprint density at radius 3 is 2.03 bits per heavy atom. The Hall–Kier alpha value is -3.64. The van der Waals surface area contributed by atoms with E-state index >= 15 is 0 Å². The van der Waals surface area contributed by atoms with Gasteiger partial charge < -0.3 is 35.2 Å². The number of hydrogen-bond acceptors (Lipinski definition) is 9. The highest BCUT2D eigenvalue weighted by molar-refractivity contribution is 5.97. The Morgan fingerprint density at radius 1 is 0.974 bits per heavy atom. The number of amides is 2. The first-order valence-electron chi connectivity index (χ1n) is 11.7. The standard InChI is InChI=1S/C26H28F2N2O9/c1-13-18(31)19(32)20(33)24(38-13)39-17-11-7-15(8-12-17)4-3-14-5-9-16(10-6-14)22(34)29-21(23(35)30-37)26(2,36)25(27)28/h5-13,18-21,24-25,31-33,36-37H,1-2H3,(H,29,34)(H,30,35)/t13-,18+,19+,20-,21+,24?,26?/m0/s1. The van der Waals surface area contributed by atoms with Crippen LogP contribution < -0.4 is 15.5 Å². The molecule has 0 aliphatic carbocycles. The van der Waals surface area contributed by atoms with Crippen LogP contribution in [0.3, 0.4) is 0 Å². The lowest BCUT2D eigenvalue weighted by Gasteiger charge is -2.38. The normalized spacial score (nSPS) is 25.0. The minimum absolute atomic E-state index is 0.0121. The highest BCUT2D eigenvalue weighted by Gasteiger charge is 2.46.